The van der Waals surface area contributed by atoms with E-state index in [1.54, 1.807) is 0 Å². The van der Waals surface area contributed by atoms with Crippen LogP contribution in [0, 0.1) is 0 Å². The third kappa shape index (κ3) is 7.80. The number of carboxylic acid groups (broad SMARTS) is 1. The summed E-state index contributed by atoms with van der Waals surface area (Å²) in [6, 6.07) is 0. The summed E-state index contributed by atoms with van der Waals surface area (Å²) in [5.74, 6) is -0.872. The topological polar surface area (TPSA) is 46.5 Å². The van der Waals surface area contributed by atoms with E-state index in [-0.39, 0.29) is 0 Å². The summed E-state index contributed by atoms with van der Waals surface area (Å²) < 4.78 is 4.94. The Labute approximate surface area is 85.8 Å². The van der Waals surface area contributed by atoms with E-state index in [0.29, 0.717) is 12.0 Å². The molecule has 0 aromatic carbocycles. The molecule has 0 aromatic heterocycles. The van der Waals surface area contributed by atoms with E-state index in [9.17, 15) is 4.79 Å². The number of rotatable bonds is 4. The van der Waals surface area contributed by atoms with Crippen LogP contribution in [0.4, 0.5) is 0 Å². The number of ether oxygens (including phenoxy) is 1. The van der Waals surface area contributed by atoms with Gasteiger partial charge in [0.05, 0.1) is 0 Å². The molecule has 0 saturated carbocycles. The zero-order valence-electron chi connectivity index (χ0n) is 8.92. The predicted octanol–water partition coefficient (Wildman–Crippen LogP) is 2.61. The number of unbranched alkanes of at least 4 members (excludes halogenated alkanes) is 1. The molecule has 1 aliphatic heterocycles. The second kappa shape index (κ2) is 8.75. The molecule has 0 amide bonds. The van der Waals surface area contributed by atoms with Crippen LogP contribution in [0.3, 0.4) is 0 Å². The van der Waals surface area contributed by atoms with E-state index in [2.05, 4.69) is 6.58 Å². The van der Waals surface area contributed by atoms with Crippen LogP contribution in [0.15, 0.2) is 12.2 Å². The summed E-state index contributed by atoms with van der Waals surface area (Å²) in [5, 5.41) is 8.31. The number of hydrogen-bond acceptors (Lipinski definition) is 2. The van der Waals surface area contributed by atoms with Crippen molar-refractivity contribution in [3.05, 3.63) is 12.2 Å². The van der Waals surface area contributed by atoms with Crippen molar-refractivity contribution in [3.63, 3.8) is 0 Å². The molecule has 0 aliphatic carbocycles. The Hall–Kier alpha value is -0.830. The highest BCUT2D eigenvalue weighted by atomic mass is 16.5. The van der Waals surface area contributed by atoms with E-state index in [1.165, 1.54) is 12.8 Å². The molecule has 3 nitrogen and oxygen atoms in total. The maximum Gasteiger partial charge on any atom is 0.330 e. The molecule has 1 fully saturated rings. The average molecular weight is 200 g/mol. The summed E-state index contributed by atoms with van der Waals surface area (Å²) in [6.07, 6.45) is 5.11. The highest BCUT2D eigenvalue weighted by Gasteiger charge is 2.00. The molecule has 0 spiro atoms. The largest absolute Gasteiger partial charge is 0.478 e. The van der Waals surface area contributed by atoms with Crippen molar-refractivity contribution in [1.29, 1.82) is 0 Å². The van der Waals surface area contributed by atoms with E-state index < -0.39 is 5.97 Å². The Morgan fingerprint density at radius 2 is 2.00 bits per heavy atom. The van der Waals surface area contributed by atoms with Gasteiger partial charge in [0.2, 0.25) is 0 Å². The third-order valence-electron chi connectivity index (χ3n) is 1.96. The highest BCUT2D eigenvalue weighted by molar-refractivity contribution is 5.85. The van der Waals surface area contributed by atoms with Crippen LogP contribution in [0.1, 0.15) is 39.0 Å². The Kier molecular flexibility index (Phi) is 8.24. The maximum atomic E-state index is 10.1. The van der Waals surface area contributed by atoms with Crippen LogP contribution >= 0.6 is 0 Å². The zero-order valence-corrected chi connectivity index (χ0v) is 8.92. The van der Waals surface area contributed by atoms with Crippen LogP contribution < -0.4 is 0 Å². The van der Waals surface area contributed by atoms with Gasteiger partial charge in [0, 0.05) is 18.8 Å². The van der Waals surface area contributed by atoms with E-state index >= 15 is 0 Å². The second-order valence-electron chi connectivity index (χ2n) is 3.33. The lowest BCUT2D eigenvalue weighted by atomic mass is 10.1. The van der Waals surface area contributed by atoms with Gasteiger partial charge in [0.25, 0.3) is 0 Å². The van der Waals surface area contributed by atoms with Gasteiger partial charge in [-0.05, 0) is 25.7 Å². The van der Waals surface area contributed by atoms with E-state index in [4.69, 9.17) is 9.84 Å². The number of hydrogen-bond donors (Lipinski definition) is 1. The lowest BCUT2D eigenvalue weighted by Gasteiger charge is -1.95. The molecule has 14 heavy (non-hydrogen) atoms. The molecular formula is C11H20O3. The minimum absolute atomic E-state index is 0.317. The molecule has 1 heterocycles. The SMILES string of the molecule is C1CCOC1.C=C(CCCC)C(=O)O. The van der Waals surface area contributed by atoms with Crippen molar-refractivity contribution in [3.8, 4) is 0 Å². The van der Waals surface area contributed by atoms with Gasteiger partial charge in [-0.15, -0.1) is 0 Å². The maximum absolute atomic E-state index is 10.1. The summed E-state index contributed by atoms with van der Waals surface area (Å²) in [5.41, 5.74) is 0.317. The van der Waals surface area contributed by atoms with Gasteiger partial charge < -0.3 is 9.84 Å². The number of carboxylic acids is 1. The van der Waals surface area contributed by atoms with Crippen molar-refractivity contribution in [2.24, 2.45) is 0 Å². The zero-order chi connectivity index (χ0) is 10.8. The quantitative estimate of drug-likeness (QED) is 0.709. The molecule has 0 bridgehead atoms. The molecule has 1 N–H and O–H groups in total. The summed E-state index contributed by atoms with van der Waals surface area (Å²) in [7, 11) is 0. The molecule has 82 valence electrons. The van der Waals surface area contributed by atoms with Crippen molar-refractivity contribution < 1.29 is 14.6 Å². The summed E-state index contributed by atoms with van der Waals surface area (Å²) in [6.45, 7) is 7.42. The molecule has 0 radical (unpaired) electrons. The van der Waals surface area contributed by atoms with Crippen LogP contribution in [0.25, 0.3) is 0 Å². The van der Waals surface area contributed by atoms with Crippen molar-refractivity contribution in [1.82, 2.24) is 0 Å². The van der Waals surface area contributed by atoms with Gasteiger partial charge in [-0.2, -0.15) is 0 Å². The van der Waals surface area contributed by atoms with Gasteiger partial charge in [-0.25, -0.2) is 4.79 Å². The Bertz CT molecular complexity index is 164. The standard InChI is InChI=1S/C7H12O2.C4H8O/c1-3-4-5-6(2)7(8)9;1-2-4-5-3-1/h2-5H2,1H3,(H,8,9);1-4H2. The molecule has 1 aliphatic rings. The minimum Gasteiger partial charge on any atom is -0.478 e. The molecular weight excluding hydrogens is 180 g/mol. The number of aliphatic carboxylic acids is 1. The first kappa shape index (κ1) is 13.2. The Morgan fingerprint density at radius 3 is 2.29 bits per heavy atom. The Morgan fingerprint density at radius 1 is 1.43 bits per heavy atom. The highest BCUT2D eigenvalue weighted by Crippen LogP contribution is 2.03. The molecule has 0 atom stereocenters. The molecule has 1 saturated heterocycles. The van der Waals surface area contributed by atoms with Gasteiger partial charge in [0.15, 0.2) is 0 Å². The first-order chi connectivity index (χ1) is 6.68. The monoisotopic (exact) mass is 200 g/mol. The van der Waals surface area contributed by atoms with E-state index in [0.717, 1.165) is 26.1 Å². The van der Waals surface area contributed by atoms with Crippen molar-refractivity contribution >= 4 is 5.97 Å². The first-order valence-corrected chi connectivity index (χ1v) is 5.17. The lowest BCUT2D eigenvalue weighted by Crippen LogP contribution is -1.97. The van der Waals surface area contributed by atoms with Crippen molar-refractivity contribution in [2.75, 3.05) is 13.2 Å². The van der Waals surface area contributed by atoms with Crippen LogP contribution in [-0.4, -0.2) is 24.3 Å². The second-order valence-corrected chi connectivity index (χ2v) is 3.33. The smallest absolute Gasteiger partial charge is 0.330 e. The molecule has 0 aromatic rings. The number of carbonyl (C=O) groups is 1. The molecule has 3 heteroatoms. The summed E-state index contributed by atoms with van der Waals surface area (Å²) in [4.78, 5) is 10.1. The average Bonchev–Trinajstić information content (AvgIpc) is 2.71. The fraction of sp³-hybridized carbons (Fsp3) is 0.727. The fourth-order valence-corrected chi connectivity index (χ4v) is 1.01. The molecule has 0 unspecified atom stereocenters. The normalized spacial score (nSPS) is 14.4. The predicted molar refractivity (Wildman–Crippen MR) is 56.4 cm³/mol. The Balaban J connectivity index is 0.000000280. The van der Waals surface area contributed by atoms with Crippen LogP contribution in [0.2, 0.25) is 0 Å². The first-order valence-electron chi connectivity index (χ1n) is 5.17. The summed E-state index contributed by atoms with van der Waals surface area (Å²) >= 11 is 0. The molecule has 1 rings (SSSR count). The minimum atomic E-state index is -0.872. The van der Waals surface area contributed by atoms with Gasteiger partial charge >= 0.3 is 5.97 Å². The third-order valence-corrected chi connectivity index (χ3v) is 1.96. The lowest BCUT2D eigenvalue weighted by molar-refractivity contribution is -0.132. The fourth-order valence-electron chi connectivity index (χ4n) is 1.01. The van der Waals surface area contributed by atoms with E-state index in [1.807, 2.05) is 6.92 Å². The van der Waals surface area contributed by atoms with Crippen molar-refractivity contribution in [2.45, 2.75) is 39.0 Å². The van der Waals surface area contributed by atoms with Gasteiger partial charge in [-0.3, -0.25) is 0 Å². The van der Waals surface area contributed by atoms with Gasteiger partial charge in [0.1, 0.15) is 0 Å². The van der Waals surface area contributed by atoms with Crippen LogP contribution in [-0.2, 0) is 9.53 Å². The van der Waals surface area contributed by atoms with Gasteiger partial charge in [-0.1, -0.05) is 19.9 Å². The van der Waals surface area contributed by atoms with Crippen LogP contribution in [0.5, 0.6) is 0 Å².